The van der Waals surface area contributed by atoms with Crippen molar-refractivity contribution < 1.29 is 14.3 Å². The fourth-order valence-electron chi connectivity index (χ4n) is 3.00. The highest BCUT2D eigenvalue weighted by Gasteiger charge is 2.26. The highest BCUT2D eigenvalue weighted by Crippen LogP contribution is 2.22. The van der Waals surface area contributed by atoms with Gasteiger partial charge in [0.05, 0.1) is 7.11 Å². The number of carbonyl (C=O) groups excluding carboxylic acids is 2. The summed E-state index contributed by atoms with van der Waals surface area (Å²) in [5.74, 6) is 1.40. The second-order valence-corrected chi connectivity index (χ2v) is 9.22. The van der Waals surface area contributed by atoms with E-state index in [1.165, 1.54) is 0 Å². The van der Waals surface area contributed by atoms with Crippen molar-refractivity contribution in [2.24, 2.45) is 0 Å². The molecule has 1 atom stereocenters. The molecule has 7 heteroatoms. The Morgan fingerprint density at radius 3 is 2.29 bits per heavy atom. The van der Waals surface area contributed by atoms with E-state index in [1.54, 1.807) is 30.7 Å². The van der Waals surface area contributed by atoms with E-state index in [4.69, 9.17) is 16.3 Å². The second-order valence-electron chi connectivity index (χ2n) is 7.61. The summed E-state index contributed by atoms with van der Waals surface area (Å²) < 4.78 is 5.21. The Kier molecular flexibility index (Phi) is 10.2. The van der Waals surface area contributed by atoms with Crippen molar-refractivity contribution in [1.29, 1.82) is 0 Å². The van der Waals surface area contributed by atoms with Crippen molar-refractivity contribution in [3.05, 3.63) is 59.1 Å². The number of methoxy groups -OCH3 is 1. The molecular weight excluding hydrogens is 432 g/mol. The van der Waals surface area contributed by atoms with Crippen LogP contribution in [0.25, 0.3) is 0 Å². The Morgan fingerprint density at radius 1 is 1.06 bits per heavy atom. The lowest BCUT2D eigenvalue weighted by Crippen LogP contribution is -2.49. The van der Waals surface area contributed by atoms with Crippen LogP contribution in [0.2, 0.25) is 5.02 Å². The van der Waals surface area contributed by atoms with Gasteiger partial charge in [0.1, 0.15) is 11.8 Å². The molecule has 1 N–H and O–H groups in total. The van der Waals surface area contributed by atoms with Crippen LogP contribution in [0.5, 0.6) is 5.75 Å². The first-order valence-electron chi connectivity index (χ1n) is 10.4. The van der Waals surface area contributed by atoms with E-state index in [2.05, 4.69) is 5.32 Å². The summed E-state index contributed by atoms with van der Waals surface area (Å²) in [5, 5.41) is 3.62. The van der Waals surface area contributed by atoms with Crippen LogP contribution in [0.4, 0.5) is 0 Å². The lowest BCUT2D eigenvalue weighted by molar-refractivity contribution is -0.140. The van der Waals surface area contributed by atoms with Crippen LogP contribution in [-0.2, 0) is 16.1 Å². The largest absolute Gasteiger partial charge is 0.497 e. The molecule has 0 fully saturated rings. The van der Waals surface area contributed by atoms with Crippen LogP contribution < -0.4 is 10.1 Å². The van der Waals surface area contributed by atoms with Crippen LogP contribution in [-0.4, -0.2) is 41.7 Å². The predicted molar refractivity (Wildman–Crippen MR) is 128 cm³/mol. The number of ether oxygens (including phenoxy) is 1. The molecule has 2 aromatic carbocycles. The van der Waals surface area contributed by atoms with E-state index in [9.17, 15) is 9.59 Å². The minimum absolute atomic E-state index is 0.0173. The maximum Gasteiger partial charge on any atom is 0.242 e. The van der Waals surface area contributed by atoms with Crippen molar-refractivity contribution in [3.63, 3.8) is 0 Å². The van der Waals surface area contributed by atoms with Gasteiger partial charge in [0.15, 0.2) is 0 Å². The fourth-order valence-corrected chi connectivity index (χ4v) is 3.98. The molecule has 0 radical (unpaired) electrons. The Morgan fingerprint density at radius 2 is 1.71 bits per heavy atom. The monoisotopic (exact) mass is 462 g/mol. The predicted octanol–water partition coefficient (Wildman–Crippen LogP) is 5.16. The minimum atomic E-state index is -0.555. The van der Waals surface area contributed by atoms with E-state index in [0.29, 0.717) is 18.0 Å². The average molecular weight is 463 g/mol. The Bertz CT molecular complexity index is 841. The minimum Gasteiger partial charge on any atom is -0.497 e. The number of nitrogens with one attached hydrogen (secondary N) is 1. The van der Waals surface area contributed by atoms with Crippen molar-refractivity contribution in [1.82, 2.24) is 10.2 Å². The van der Waals surface area contributed by atoms with E-state index >= 15 is 0 Å². The van der Waals surface area contributed by atoms with Crippen LogP contribution in [0.1, 0.15) is 39.2 Å². The molecule has 168 valence electrons. The average Bonchev–Trinajstić information content (AvgIpc) is 2.75. The molecular formula is C24H31ClN2O3S. The molecule has 2 aromatic rings. The van der Waals surface area contributed by atoms with Crippen LogP contribution >= 0.6 is 23.4 Å². The van der Waals surface area contributed by atoms with Crippen molar-refractivity contribution in [2.75, 3.05) is 12.9 Å². The highest BCUT2D eigenvalue weighted by atomic mass is 35.5. The molecule has 0 aliphatic heterocycles. The summed E-state index contributed by atoms with van der Waals surface area (Å²) in [7, 11) is 1.62. The second kappa shape index (κ2) is 12.6. The van der Waals surface area contributed by atoms with E-state index in [-0.39, 0.29) is 17.9 Å². The first-order valence-corrected chi connectivity index (χ1v) is 11.8. The quantitative estimate of drug-likeness (QED) is 0.370. The molecule has 0 heterocycles. The first-order chi connectivity index (χ1) is 14.8. The van der Waals surface area contributed by atoms with Crippen LogP contribution in [0, 0.1) is 0 Å². The lowest BCUT2D eigenvalue weighted by atomic mass is 10.1. The molecule has 0 aliphatic rings. The molecule has 0 saturated carbocycles. The van der Waals surface area contributed by atoms with Gasteiger partial charge in [0, 0.05) is 28.9 Å². The van der Waals surface area contributed by atoms with Crippen molar-refractivity contribution in [2.45, 2.75) is 57.1 Å². The number of thioether (sulfide) groups is 1. The van der Waals surface area contributed by atoms with E-state index in [1.807, 2.05) is 62.4 Å². The summed E-state index contributed by atoms with van der Waals surface area (Å²) in [6.45, 7) is 5.98. The molecule has 0 spiro atoms. The molecule has 0 aromatic heterocycles. The van der Waals surface area contributed by atoms with Gasteiger partial charge in [-0.1, -0.05) is 23.7 Å². The summed E-state index contributed by atoms with van der Waals surface area (Å²) in [6.07, 6.45) is 1.11. The Hall–Kier alpha value is -2.18. The molecule has 0 bridgehead atoms. The first kappa shape index (κ1) is 25.1. The third-order valence-corrected chi connectivity index (χ3v) is 6.08. The van der Waals surface area contributed by atoms with Gasteiger partial charge >= 0.3 is 0 Å². The fraction of sp³-hybridized carbons (Fsp3) is 0.417. The lowest BCUT2D eigenvalue weighted by Gasteiger charge is -2.29. The number of amides is 2. The van der Waals surface area contributed by atoms with Gasteiger partial charge in [-0.05, 0) is 74.9 Å². The number of hydrogen-bond acceptors (Lipinski definition) is 4. The molecule has 5 nitrogen and oxygen atoms in total. The summed E-state index contributed by atoms with van der Waals surface area (Å²) in [4.78, 5) is 28.4. The summed E-state index contributed by atoms with van der Waals surface area (Å²) in [5.41, 5.74) is 0.953. The normalized spacial score (nSPS) is 11.8. The van der Waals surface area contributed by atoms with Gasteiger partial charge in [0.2, 0.25) is 11.8 Å². The maximum absolute atomic E-state index is 13.1. The summed E-state index contributed by atoms with van der Waals surface area (Å²) >= 11 is 7.61. The number of carbonyl (C=O) groups is 2. The molecule has 2 rings (SSSR count). The number of rotatable bonds is 11. The number of halogens is 1. The molecule has 2 amide bonds. The number of nitrogens with zero attached hydrogens (tertiary/aromatic N) is 1. The van der Waals surface area contributed by atoms with Gasteiger partial charge in [-0.2, -0.15) is 0 Å². The maximum atomic E-state index is 13.1. The Labute approximate surface area is 194 Å². The zero-order chi connectivity index (χ0) is 22.8. The molecule has 0 unspecified atom stereocenters. The zero-order valence-electron chi connectivity index (χ0n) is 18.6. The molecule has 0 aliphatic carbocycles. The number of hydrogen-bond donors (Lipinski definition) is 1. The zero-order valence-corrected chi connectivity index (χ0v) is 20.1. The van der Waals surface area contributed by atoms with Gasteiger partial charge in [-0.15, -0.1) is 11.8 Å². The van der Waals surface area contributed by atoms with Crippen LogP contribution in [0.15, 0.2) is 53.4 Å². The van der Waals surface area contributed by atoms with Gasteiger partial charge in [0.25, 0.3) is 0 Å². The third-order valence-electron chi connectivity index (χ3n) is 4.73. The van der Waals surface area contributed by atoms with Crippen molar-refractivity contribution >= 4 is 35.2 Å². The van der Waals surface area contributed by atoms with Gasteiger partial charge in [-0.3, -0.25) is 9.59 Å². The Balaban J connectivity index is 2.00. The van der Waals surface area contributed by atoms with E-state index in [0.717, 1.165) is 28.4 Å². The highest BCUT2D eigenvalue weighted by molar-refractivity contribution is 7.99. The van der Waals surface area contributed by atoms with E-state index < -0.39 is 6.04 Å². The van der Waals surface area contributed by atoms with Gasteiger partial charge in [-0.25, -0.2) is 0 Å². The smallest absolute Gasteiger partial charge is 0.242 e. The SMILES string of the molecule is COc1ccc(CN(C(=O)CCCSc2ccc(Cl)cc2)[C@H](C)C(=O)NC(C)C)cc1. The topological polar surface area (TPSA) is 58.6 Å². The van der Waals surface area contributed by atoms with Gasteiger partial charge < -0.3 is 15.0 Å². The molecule has 0 saturated heterocycles. The van der Waals surface area contributed by atoms with Crippen LogP contribution in [0.3, 0.4) is 0 Å². The van der Waals surface area contributed by atoms with Crippen molar-refractivity contribution in [3.8, 4) is 5.75 Å². The molecule has 31 heavy (non-hydrogen) atoms. The summed E-state index contributed by atoms with van der Waals surface area (Å²) in [6, 6.07) is 14.7. The number of benzene rings is 2. The third kappa shape index (κ3) is 8.46. The standard InChI is InChI=1S/C24H31ClN2O3S/c1-17(2)26-24(29)18(3)27(16-19-7-11-21(30-4)12-8-19)23(28)6-5-15-31-22-13-9-20(25)10-14-22/h7-14,17-18H,5-6,15-16H2,1-4H3,(H,26,29)/t18-/m1/s1.